The number of piperidine rings is 1. The Labute approximate surface area is 127 Å². The third-order valence-electron chi connectivity index (χ3n) is 3.63. The number of hydrogen-bond donors (Lipinski definition) is 1. The fourth-order valence-electron chi connectivity index (χ4n) is 2.58. The van der Waals surface area contributed by atoms with Gasteiger partial charge in [-0.1, -0.05) is 23.2 Å². The lowest BCUT2D eigenvalue weighted by molar-refractivity contribution is -0.138. The van der Waals surface area contributed by atoms with E-state index in [2.05, 4.69) is 0 Å². The Hall–Kier alpha value is -1.20. The molecular formula is C13H16Cl2N2O3. The Bertz CT molecular complexity index is 542. The summed E-state index contributed by atoms with van der Waals surface area (Å²) in [7, 11) is 1.66. The van der Waals surface area contributed by atoms with E-state index in [9.17, 15) is 9.59 Å². The minimum absolute atomic E-state index is 0.0301. The van der Waals surface area contributed by atoms with Gasteiger partial charge in [-0.2, -0.15) is 0 Å². The molecule has 0 aromatic carbocycles. The van der Waals surface area contributed by atoms with Gasteiger partial charge in [0.05, 0.1) is 11.4 Å². The molecule has 110 valence electrons. The molecule has 1 aromatic rings. The molecular weight excluding hydrogens is 303 g/mol. The van der Waals surface area contributed by atoms with E-state index in [1.807, 2.05) is 0 Å². The Morgan fingerprint density at radius 2 is 2.10 bits per heavy atom. The van der Waals surface area contributed by atoms with E-state index >= 15 is 0 Å². The minimum Gasteiger partial charge on any atom is -0.481 e. The van der Waals surface area contributed by atoms with Crippen LogP contribution in [0.15, 0.2) is 6.07 Å². The SMILES string of the molecule is Cn1c(C(=O)N2CCCCC2CC(=O)O)cc(Cl)c1Cl. The summed E-state index contributed by atoms with van der Waals surface area (Å²) in [6.07, 6.45) is 2.51. The fraction of sp³-hybridized carbons (Fsp3) is 0.538. The van der Waals surface area contributed by atoms with Crippen LogP contribution in [-0.4, -0.2) is 39.0 Å². The average molecular weight is 319 g/mol. The predicted molar refractivity (Wildman–Crippen MR) is 76.4 cm³/mol. The molecule has 0 aliphatic carbocycles. The third-order valence-corrected chi connectivity index (χ3v) is 4.48. The molecule has 1 aliphatic heterocycles. The standard InChI is InChI=1S/C13H16Cl2N2O3/c1-16-10(7-9(14)12(16)15)13(20)17-5-3-2-4-8(17)6-11(18)19/h7-8H,2-6H2,1H3,(H,18,19). The van der Waals surface area contributed by atoms with Gasteiger partial charge in [0.15, 0.2) is 0 Å². The fourth-order valence-corrected chi connectivity index (χ4v) is 2.95. The summed E-state index contributed by atoms with van der Waals surface area (Å²) in [5.74, 6) is -1.11. The van der Waals surface area contributed by atoms with Crippen molar-refractivity contribution in [3.8, 4) is 0 Å². The summed E-state index contributed by atoms with van der Waals surface area (Å²) in [5.41, 5.74) is 0.386. The van der Waals surface area contributed by atoms with Gasteiger partial charge >= 0.3 is 5.97 Å². The summed E-state index contributed by atoms with van der Waals surface area (Å²) in [5, 5.41) is 9.58. The van der Waals surface area contributed by atoms with E-state index in [1.165, 1.54) is 10.6 Å². The number of rotatable bonds is 3. The van der Waals surface area contributed by atoms with Crippen LogP contribution in [0.25, 0.3) is 0 Å². The van der Waals surface area contributed by atoms with Gasteiger partial charge in [0, 0.05) is 19.6 Å². The van der Waals surface area contributed by atoms with Crippen LogP contribution in [0.1, 0.15) is 36.2 Å². The van der Waals surface area contributed by atoms with Gasteiger partial charge in [-0.15, -0.1) is 0 Å². The maximum Gasteiger partial charge on any atom is 0.305 e. The highest BCUT2D eigenvalue weighted by atomic mass is 35.5. The summed E-state index contributed by atoms with van der Waals surface area (Å²) < 4.78 is 1.53. The topological polar surface area (TPSA) is 62.5 Å². The van der Waals surface area contributed by atoms with Crippen molar-refractivity contribution in [2.24, 2.45) is 7.05 Å². The molecule has 0 saturated carbocycles. The number of carboxylic acid groups (broad SMARTS) is 1. The molecule has 1 fully saturated rings. The molecule has 0 spiro atoms. The summed E-state index contributed by atoms with van der Waals surface area (Å²) >= 11 is 11.9. The van der Waals surface area contributed by atoms with Crippen LogP contribution in [0.3, 0.4) is 0 Å². The number of aliphatic carboxylic acids is 1. The van der Waals surface area contributed by atoms with Crippen LogP contribution in [0.5, 0.6) is 0 Å². The summed E-state index contributed by atoms with van der Waals surface area (Å²) in [4.78, 5) is 25.1. The van der Waals surface area contributed by atoms with Gasteiger partial charge in [0.1, 0.15) is 10.8 Å². The number of hydrogen-bond acceptors (Lipinski definition) is 2. The van der Waals surface area contributed by atoms with Gasteiger partial charge in [0.2, 0.25) is 0 Å². The summed E-state index contributed by atoms with van der Waals surface area (Å²) in [6.45, 7) is 0.567. The highest BCUT2D eigenvalue weighted by Gasteiger charge is 2.31. The van der Waals surface area contributed by atoms with Gasteiger partial charge in [-0.25, -0.2) is 0 Å². The first-order chi connectivity index (χ1) is 9.41. The first kappa shape index (κ1) is 15.2. The maximum atomic E-state index is 12.6. The second kappa shape index (κ2) is 6.06. The van der Waals surface area contributed by atoms with Crippen molar-refractivity contribution < 1.29 is 14.7 Å². The van der Waals surface area contributed by atoms with Gasteiger partial charge < -0.3 is 14.6 Å². The van der Waals surface area contributed by atoms with Crippen molar-refractivity contribution in [2.45, 2.75) is 31.7 Å². The number of carboxylic acids is 1. The average Bonchev–Trinajstić information content (AvgIpc) is 2.66. The summed E-state index contributed by atoms with van der Waals surface area (Å²) in [6, 6.07) is 1.26. The quantitative estimate of drug-likeness (QED) is 0.932. The Morgan fingerprint density at radius 3 is 2.65 bits per heavy atom. The van der Waals surface area contributed by atoms with Crippen molar-refractivity contribution in [3.05, 3.63) is 21.9 Å². The van der Waals surface area contributed by atoms with E-state index in [0.717, 1.165) is 12.8 Å². The van der Waals surface area contributed by atoms with E-state index in [1.54, 1.807) is 11.9 Å². The van der Waals surface area contributed by atoms with Gasteiger partial charge in [-0.05, 0) is 25.3 Å². The van der Waals surface area contributed by atoms with Gasteiger partial charge in [-0.3, -0.25) is 9.59 Å². The van der Waals surface area contributed by atoms with Crippen molar-refractivity contribution in [3.63, 3.8) is 0 Å². The molecule has 7 heteroatoms. The molecule has 1 amide bonds. The first-order valence-corrected chi connectivity index (χ1v) is 7.21. The van der Waals surface area contributed by atoms with Crippen molar-refractivity contribution in [2.75, 3.05) is 6.54 Å². The lowest BCUT2D eigenvalue weighted by Crippen LogP contribution is -2.45. The number of carbonyl (C=O) groups excluding carboxylic acids is 1. The third kappa shape index (κ3) is 2.94. The molecule has 5 nitrogen and oxygen atoms in total. The van der Waals surface area contributed by atoms with E-state index in [4.69, 9.17) is 28.3 Å². The van der Waals surface area contributed by atoms with Crippen molar-refractivity contribution in [1.29, 1.82) is 0 Å². The van der Waals surface area contributed by atoms with Crippen LogP contribution in [-0.2, 0) is 11.8 Å². The smallest absolute Gasteiger partial charge is 0.305 e. The van der Waals surface area contributed by atoms with Crippen LogP contribution in [0.4, 0.5) is 0 Å². The predicted octanol–water partition coefficient (Wildman–Crippen LogP) is 2.80. The van der Waals surface area contributed by atoms with E-state index < -0.39 is 5.97 Å². The Kier molecular flexibility index (Phi) is 4.60. The maximum absolute atomic E-state index is 12.6. The Morgan fingerprint density at radius 1 is 1.40 bits per heavy atom. The number of halogens is 2. The van der Waals surface area contributed by atoms with Crippen LogP contribution in [0, 0.1) is 0 Å². The molecule has 20 heavy (non-hydrogen) atoms. The molecule has 0 bridgehead atoms. The molecule has 1 unspecified atom stereocenters. The normalized spacial score (nSPS) is 19.1. The lowest BCUT2D eigenvalue weighted by Gasteiger charge is -2.35. The molecule has 2 heterocycles. The monoisotopic (exact) mass is 318 g/mol. The van der Waals surface area contributed by atoms with Gasteiger partial charge in [0.25, 0.3) is 5.91 Å². The Balaban J connectivity index is 2.25. The zero-order valence-corrected chi connectivity index (χ0v) is 12.6. The van der Waals surface area contributed by atoms with Crippen LogP contribution >= 0.6 is 23.2 Å². The van der Waals surface area contributed by atoms with Crippen LogP contribution in [0.2, 0.25) is 10.2 Å². The first-order valence-electron chi connectivity index (χ1n) is 6.45. The number of likely N-dealkylation sites (tertiary alicyclic amines) is 1. The molecule has 1 aromatic heterocycles. The number of nitrogens with zero attached hydrogens (tertiary/aromatic N) is 2. The molecule has 1 atom stereocenters. The van der Waals surface area contributed by atoms with E-state index in [-0.39, 0.29) is 18.4 Å². The lowest BCUT2D eigenvalue weighted by atomic mass is 9.99. The number of aromatic nitrogens is 1. The number of carbonyl (C=O) groups is 2. The minimum atomic E-state index is -0.891. The molecule has 1 aliphatic rings. The number of amides is 1. The zero-order valence-electron chi connectivity index (χ0n) is 11.1. The van der Waals surface area contributed by atoms with Crippen LogP contribution < -0.4 is 0 Å². The molecule has 0 radical (unpaired) electrons. The second-order valence-electron chi connectivity index (χ2n) is 4.97. The van der Waals surface area contributed by atoms with Crippen molar-refractivity contribution >= 4 is 35.1 Å². The van der Waals surface area contributed by atoms with Crippen molar-refractivity contribution in [1.82, 2.24) is 9.47 Å². The zero-order chi connectivity index (χ0) is 14.9. The van der Waals surface area contributed by atoms with E-state index in [0.29, 0.717) is 28.8 Å². The highest BCUT2D eigenvalue weighted by Crippen LogP contribution is 2.28. The molecule has 2 rings (SSSR count). The largest absolute Gasteiger partial charge is 0.481 e. The molecule has 1 saturated heterocycles. The second-order valence-corrected chi connectivity index (χ2v) is 5.74. The molecule has 1 N–H and O–H groups in total. The highest BCUT2D eigenvalue weighted by molar-refractivity contribution is 6.41.